The Kier molecular flexibility index (Phi) is 3.49. The third-order valence-corrected chi connectivity index (χ3v) is 3.90. The van der Waals surface area contributed by atoms with Gasteiger partial charge in [-0.1, -0.05) is 17.7 Å². The highest BCUT2D eigenvalue weighted by Gasteiger charge is 2.22. The summed E-state index contributed by atoms with van der Waals surface area (Å²) in [5.41, 5.74) is 2.05. The van der Waals surface area contributed by atoms with Gasteiger partial charge in [-0.15, -0.1) is 0 Å². The number of aryl methyl sites for hydroxylation is 1. The number of hydrogen-bond acceptors (Lipinski definition) is 2. The molecule has 4 nitrogen and oxygen atoms in total. The lowest BCUT2D eigenvalue weighted by atomic mass is 10.1. The van der Waals surface area contributed by atoms with Gasteiger partial charge in [0.25, 0.3) is 0 Å². The summed E-state index contributed by atoms with van der Waals surface area (Å²) in [7, 11) is 0. The van der Waals surface area contributed by atoms with Crippen LogP contribution >= 0.6 is 11.6 Å². The van der Waals surface area contributed by atoms with E-state index in [0.29, 0.717) is 11.4 Å². The molecular weight excluding hydrogens is 274 g/mol. The first-order valence-electron chi connectivity index (χ1n) is 6.70. The van der Waals surface area contributed by atoms with Gasteiger partial charge in [0, 0.05) is 37.0 Å². The lowest BCUT2D eigenvalue weighted by Crippen LogP contribution is -2.29. The number of carbonyl (C=O) groups is 1. The van der Waals surface area contributed by atoms with E-state index < -0.39 is 0 Å². The Balaban J connectivity index is 1.88. The first-order chi connectivity index (χ1) is 9.63. The van der Waals surface area contributed by atoms with Gasteiger partial charge < -0.3 is 9.88 Å². The van der Waals surface area contributed by atoms with Crippen molar-refractivity contribution < 1.29 is 4.79 Å². The molecule has 0 saturated carbocycles. The number of rotatable bonds is 3. The second-order valence-electron chi connectivity index (χ2n) is 5.19. The summed E-state index contributed by atoms with van der Waals surface area (Å²) >= 11 is 6.31. The maximum absolute atomic E-state index is 11.3. The normalized spacial score (nSPS) is 18.3. The van der Waals surface area contributed by atoms with Crippen LogP contribution in [0, 0.1) is 6.92 Å². The first kappa shape index (κ1) is 13.2. The smallest absolute Gasteiger partial charge is 0.220 e. The Morgan fingerprint density at radius 3 is 3.05 bits per heavy atom. The predicted molar refractivity (Wildman–Crippen MR) is 78.6 cm³/mol. The average Bonchev–Trinajstić information content (AvgIpc) is 3.00. The minimum Gasteiger partial charge on any atom is -0.352 e. The molecule has 5 heteroatoms. The summed E-state index contributed by atoms with van der Waals surface area (Å²) in [5.74, 6) is 0.973. The summed E-state index contributed by atoms with van der Waals surface area (Å²) in [5, 5.41) is 3.68. The number of imidazole rings is 1. The Labute approximate surface area is 122 Å². The number of aromatic nitrogens is 2. The van der Waals surface area contributed by atoms with Gasteiger partial charge >= 0.3 is 0 Å². The fraction of sp³-hybridized carbons (Fsp3) is 0.333. The molecule has 1 atom stereocenters. The van der Waals surface area contributed by atoms with E-state index in [4.69, 9.17) is 11.6 Å². The number of hydrogen-bond donors (Lipinski definition) is 1. The standard InChI is InChI=1S/C15H16ClN3O/c1-10-2-4-12(13(16)8-10)15-17-6-7-19(15)9-11-3-5-14(20)18-11/h2,4,6-8,11H,3,5,9H2,1H3,(H,18,20). The van der Waals surface area contributed by atoms with E-state index in [9.17, 15) is 4.79 Å². The van der Waals surface area contributed by atoms with Crippen molar-refractivity contribution in [2.45, 2.75) is 32.4 Å². The van der Waals surface area contributed by atoms with Gasteiger partial charge in [-0.2, -0.15) is 0 Å². The van der Waals surface area contributed by atoms with Gasteiger partial charge in [-0.3, -0.25) is 4.79 Å². The summed E-state index contributed by atoms with van der Waals surface area (Å²) in [4.78, 5) is 15.7. The molecule has 0 radical (unpaired) electrons. The molecule has 1 fully saturated rings. The van der Waals surface area contributed by atoms with Crippen LogP contribution in [0.3, 0.4) is 0 Å². The van der Waals surface area contributed by atoms with Gasteiger partial charge in [-0.05, 0) is 31.0 Å². The summed E-state index contributed by atoms with van der Waals surface area (Å²) in [6, 6.07) is 6.13. The molecule has 0 spiro atoms. The zero-order valence-corrected chi connectivity index (χ0v) is 12.0. The zero-order chi connectivity index (χ0) is 14.1. The third-order valence-electron chi connectivity index (χ3n) is 3.58. The maximum Gasteiger partial charge on any atom is 0.220 e. The Morgan fingerprint density at radius 1 is 1.50 bits per heavy atom. The molecule has 1 saturated heterocycles. The molecule has 2 heterocycles. The molecule has 3 rings (SSSR count). The molecule has 0 bridgehead atoms. The molecule has 20 heavy (non-hydrogen) atoms. The molecule has 2 aromatic rings. The fourth-order valence-electron chi connectivity index (χ4n) is 2.55. The van der Waals surface area contributed by atoms with Crippen molar-refractivity contribution in [2.24, 2.45) is 0 Å². The second kappa shape index (κ2) is 5.29. The molecule has 1 aromatic carbocycles. The van der Waals surface area contributed by atoms with Crippen LogP contribution in [0.25, 0.3) is 11.4 Å². The first-order valence-corrected chi connectivity index (χ1v) is 7.08. The van der Waals surface area contributed by atoms with E-state index in [1.165, 1.54) is 0 Å². The molecular formula is C15H16ClN3O. The predicted octanol–water partition coefficient (Wildman–Crippen LogP) is 2.79. The van der Waals surface area contributed by atoms with Crippen molar-refractivity contribution in [3.63, 3.8) is 0 Å². The molecule has 0 aliphatic carbocycles. The van der Waals surface area contributed by atoms with Crippen LogP contribution in [-0.2, 0) is 11.3 Å². The molecule has 104 valence electrons. The highest BCUT2D eigenvalue weighted by atomic mass is 35.5. The zero-order valence-electron chi connectivity index (χ0n) is 11.3. The van der Waals surface area contributed by atoms with Crippen LogP contribution in [0.5, 0.6) is 0 Å². The van der Waals surface area contributed by atoms with Crippen LogP contribution < -0.4 is 5.32 Å². The maximum atomic E-state index is 11.3. The number of benzene rings is 1. The van der Waals surface area contributed by atoms with Gasteiger partial charge in [0.1, 0.15) is 5.82 Å². The topological polar surface area (TPSA) is 46.9 Å². The van der Waals surface area contributed by atoms with Crippen molar-refractivity contribution in [3.8, 4) is 11.4 Å². The Hall–Kier alpha value is -1.81. The van der Waals surface area contributed by atoms with E-state index in [0.717, 1.165) is 29.9 Å². The molecule has 1 aromatic heterocycles. The molecule has 1 unspecified atom stereocenters. The number of amides is 1. The minimum atomic E-state index is 0.130. The van der Waals surface area contributed by atoms with Crippen molar-refractivity contribution in [1.82, 2.24) is 14.9 Å². The van der Waals surface area contributed by atoms with Crippen LogP contribution in [0.4, 0.5) is 0 Å². The van der Waals surface area contributed by atoms with Gasteiger partial charge in [0.05, 0.1) is 5.02 Å². The van der Waals surface area contributed by atoms with Crippen LogP contribution in [-0.4, -0.2) is 21.5 Å². The summed E-state index contributed by atoms with van der Waals surface area (Å²) < 4.78 is 2.05. The number of nitrogens with zero attached hydrogens (tertiary/aromatic N) is 2. The van der Waals surface area contributed by atoms with Gasteiger partial charge in [0.2, 0.25) is 5.91 Å². The highest BCUT2D eigenvalue weighted by Crippen LogP contribution is 2.28. The van der Waals surface area contributed by atoms with Crippen molar-refractivity contribution >= 4 is 17.5 Å². The molecule has 1 amide bonds. The third kappa shape index (κ3) is 2.56. The van der Waals surface area contributed by atoms with Gasteiger partial charge in [0.15, 0.2) is 0 Å². The highest BCUT2D eigenvalue weighted by molar-refractivity contribution is 6.33. The van der Waals surface area contributed by atoms with Crippen LogP contribution in [0.15, 0.2) is 30.6 Å². The molecule has 1 aliphatic rings. The Bertz CT molecular complexity index is 650. The van der Waals surface area contributed by atoms with Crippen LogP contribution in [0.2, 0.25) is 5.02 Å². The monoisotopic (exact) mass is 289 g/mol. The number of carbonyl (C=O) groups excluding carboxylic acids is 1. The second-order valence-corrected chi connectivity index (χ2v) is 5.60. The number of halogens is 1. The van der Waals surface area contributed by atoms with E-state index in [1.807, 2.05) is 35.9 Å². The van der Waals surface area contributed by atoms with E-state index >= 15 is 0 Å². The van der Waals surface area contributed by atoms with Crippen molar-refractivity contribution in [1.29, 1.82) is 0 Å². The van der Waals surface area contributed by atoms with Crippen molar-refractivity contribution in [3.05, 3.63) is 41.2 Å². The fourth-order valence-corrected chi connectivity index (χ4v) is 2.87. The Morgan fingerprint density at radius 2 is 2.35 bits per heavy atom. The summed E-state index contributed by atoms with van der Waals surface area (Å²) in [6.07, 6.45) is 5.18. The van der Waals surface area contributed by atoms with Crippen LogP contribution in [0.1, 0.15) is 18.4 Å². The average molecular weight is 290 g/mol. The van der Waals surface area contributed by atoms with E-state index in [2.05, 4.69) is 10.3 Å². The van der Waals surface area contributed by atoms with E-state index in [1.54, 1.807) is 6.20 Å². The molecule has 1 aliphatic heterocycles. The lowest BCUT2D eigenvalue weighted by molar-refractivity contribution is -0.119. The number of nitrogens with one attached hydrogen (secondary N) is 1. The SMILES string of the molecule is Cc1ccc(-c2nccn2CC2CCC(=O)N2)c(Cl)c1. The van der Waals surface area contributed by atoms with Gasteiger partial charge in [-0.25, -0.2) is 4.98 Å². The quantitative estimate of drug-likeness (QED) is 0.944. The minimum absolute atomic E-state index is 0.130. The lowest BCUT2D eigenvalue weighted by Gasteiger charge is -2.14. The summed E-state index contributed by atoms with van der Waals surface area (Å²) in [6.45, 7) is 2.74. The van der Waals surface area contributed by atoms with Crippen molar-refractivity contribution in [2.75, 3.05) is 0 Å². The molecule has 1 N–H and O–H groups in total. The van der Waals surface area contributed by atoms with E-state index in [-0.39, 0.29) is 11.9 Å². The largest absolute Gasteiger partial charge is 0.352 e.